The summed E-state index contributed by atoms with van der Waals surface area (Å²) in [6.07, 6.45) is 2.74. The van der Waals surface area contributed by atoms with E-state index in [0.29, 0.717) is 11.1 Å². The Hall–Kier alpha value is -0.870. The van der Waals surface area contributed by atoms with Crippen LogP contribution in [-0.2, 0) is 0 Å². The van der Waals surface area contributed by atoms with Crippen molar-refractivity contribution in [1.29, 1.82) is 0 Å². The quantitative estimate of drug-likeness (QED) is 0.705. The van der Waals surface area contributed by atoms with Crippen LogP contribution in [-0.4, -0.2) is 29.1 Å². The molecule has 14 heavy (non-hydrogen) atoms. The van der Waals surface area contributed by atoms with E-state index in [-0.39, 0.29) is 6.04 Å². The lowest BCUT2D eigenvalue weighted by Gasteiger charge is -2.15. The summed E-state index contributed by atoms with van der Waals surface area (Å²) in [6, 6.07) is 0.235. The van der Waals surface area contributed by atoms with Gasteiger partial charge in [-0.15, -0.1) is 0 Å². The van der Waals surface area contributed by atoms with Crippen molar-refractivity contribution in [3.63, 3.8) is 0 Å². The molecule has 2 N–H and O–H groups in total. The summed E-state index contributed by atoms with van der Waals surface area (Å²) >= 11 is 5.92. The second-order valence-electron chi connectivity index (χ2n) is 3.64. The van der Waals surface area contributed by atoms with E-state index in [1.807, 2.05) is 6.92 Å². The number of hydrogen-bond acceptors (Lipinski definition) is 4. The van der Waals surface area contributed by atoms with E-state index in [9.17, 15) is 0 Å². The molecule has 1 aliphatic rings. The molecule has 1 fully saturated rings. The van der Waals surface area contributed by atoms with Gasteiger partial charge in [-0.3, -0.25) is 0 Å². The van der Waals surface area contributed by atoms with Crippen molar-refractivity contribution in [2.24, 2.45) is 5.73 Å². The first kappa shape index (κ1) is 9.68. The molecule has 2 rings (SSSR count). The highest BCUT2D eigenvalue weighted by Gasteiger charge is 2.21. The van der Waals surface area contributed by atoms with Gasteiger partial charge >= 0.3 is 0 Å². The fourth-order valence-corrected chi connectivity index (χ4v) is 1.66. The zero-order chi connectivity index (χ0) is 10.1. The molecular formula is C9H13ClN4. The molecule has 5 heteroatoms. The average molecular weight is 213 g/mol. The van der Waals surface area contributed by atoms with Gasteiger partial charge in [-0.25, -0.2) is 9.97 Å². The van der Waals surface area contributed by atoms with Gasteiger partial charge in [0.05, 0.1) is 0 Å². The molecule has 0 spiro atoms. The van der Waals surface area contributed by atoms with Gasteiger partial charge in [0.2, 0.25) is 5.95 Å². The molecule has 1 saturated heterocycles. The predicted octanol–water partition coefficient (Wildman–Crippen LogP) is 0.976. The van der Waals surface area contributed by atoms with Gasteiger partial charge in [0, 0.05) is 30.9 Å². The summed E-state index contributed by atoms with van der Waals surface area (Å²) in [5, 5.41) is 0.524. The predicted molar refractivity (Wildman–Crippen MR) is 56.6 cm³/mol. The van der Waals surface area contributed by atoms with Crippen LogP contribution in [0, 0.1) is 6.92 Å². The Kier molecular flexibility index (Phi) is 2.56. The third kappa shape index (κ3) is 1.81. The Labute approximate surface area is 88.1 Å². The SMILES string of the molecule is Cc1cnc(N2CCC(N)C2)nc1Cl. The van der Waals surface area contributed by atoms with Gasteiger partial charge in [0.1, 0.15) is 5.15 Å². The second-order valence-corrected chi connectivity index (χ2v) is 4.00. The van der Waals surface area contributed by atoms with Crippen molar-refractivity contribution in [3.8, 4) is 0 Å². The van der Waals surface area contributed by atoms with Crippen molar-refractivity contribution in [3.05, 3.63) is 16.9 Å². The van der Waals surface area contributed by atoms with Crippen LogP contribution in [0.1, 0.15) is 12.0 Å². The summed E-state index contributed by atoms with van der Waals surface area (Å²) in [5.74, 6) is 0.688. The molecular weight excluding hydrogens is 200 g/mol. The van der Waals surface area contributed by atoms with E-state index in [0.717, 1.165) is 25.1 Å². The van der Waals surface area contributed by atoms with Crippen molar-refractivity contribution >= 4 is 17.5 Å². The van der Waals surface area contributed by atoms with Gasteiger partial charge in [0.25, 0.3) is 0 Å². The van der Waals surface area contributed by atoms with E-state index >= 15 is 0 Å². The Morgan fingerprint density at radius 3 is 3.00 bits per heavy atom. The van der Waals surface area contributed by atoms with Crippen molar-refractivity contribution in [2.45, 2.75) is 19.4 Å². The third-order valence-electron chi connectivity index (χ3n) is 2.40. The van der Waals surface area contributed by atoms with E-state index in [4.69, 9.17) is 17.3 Å². The minimum atomic E-state index is 0.235. The minimum absolute atomic E-state index is 0.235. The summed E-state index contributed by atoms with van der Waals surface area (Å²) in [6.45, 7) is 3.63. The molecule has 0 radical (unpaired) electrons. The van der Waals surface area contributed by atoms with Crippen LogP contribution in [0.3, 0.4) is 0 Å². The number of nitrogens with zero attached hydrogens (tertiary/aromatic N) is 3. The zero-order valence-corrected chi connectivity index (χ0v) is 8.83. The molecule has 1 atom stereocenters. The number of halogens is 1. The molecule has 0 amide bonds. The monoisotopic (exact) mass is 212 g/mol. The fraction of sp³-hybridized carbons (Fsp3) is 0.556. The molecule has 0 bridgehead atoms. The lowest BCUT2D eigenvalue weighted by Crippen LogP contribution is -2.27. The summed E-state index contributed by atoms with van der Waals surface area (Å²) in [5.41, 5.74) is 6.70. The molecule has 1 aromatic rings. The Bertz CT molecular complexity index is 342. The maximum absolute atomic E-state index is 5.92. The number of hydrogen-bond donors (Lipinski definition) is 1. The number of nitrogens with two attached hydrogens (primary N) is 1. The van der Waals surface area contributed by atoms with Gasteiger partial charge < -0.3 is 10.6 Å². The maximum atomic E-state index is 5.92. The highest BCUT2D eigenvalue weighted by molar-refractivity contribution is 6.30. The number of anilines is 1. The number of aromatic nitrogens is 2. The first-order valence-corrected chi connectivity index (χ1v) is 5.04. The van der Waals surface area contributed by atoms with E-state index < -0.39 is 0 Å². The third-order valence-corrected chi connectivity index (χ3v) is 2.79. The second kappa shape index (κ2) is 3.71. The van der Waals surface area contributed by atoms with Gasteiger partial charge in [-0.2, -0.15) is 0 Å². The molecule has 4 nitrogen and oxygen atoms in total. The normalized spacial score (nSPS) is 21.6. The highest BCUT2D eigenvalue weighted by atomic mass is 35.5. The van der Waals surface area contributed by atoms with Gasteiger partial charge in [-0.1, -0.05) is 11.6 Å². The lowest BCUT2D eigenvalue weighted by molar-refractivity contribution is 0.750. The highest BCUT2D eigenvalue weighted by Crippen LogP contribution is 2.18. The van der Waals surface area contributed by atoms with E-state index in [1.54, 1.807) is 6.20 Å². The Morgan fingerprint density at radius 1 is 1.64 bits per heavy atom. The van der Waals surface area contributed by atoms with Crippen LogP contribution in [0.25, 0.3) is 0 Å². The largest absolute Gasteiger partial charge is 0.339 e. The van der Waals surface area contributed by atoms with Crippen molar-refractivity contribution in [1.82, 2.24) is 9.97 Å². The van der Waals surface area contributed by atoms with Crippen molar-refractivity contribution in [2.75, 3.05) is 18.0 Å². The van der Waals surface area contributed by atoms with E-state index in [1.165, 1.54) is 0 Å². The van der Waals surface area contributed by atoms with Crippen LogP contribution in [0.2, 0.25) is 5.15 Å². The maximum Gasteiger partial charge on any atom is 0.226 e. The minimum Gasteiger partial charge on any atom is -0.339 e. The van der Waals surface area contributed by atoms with Gasteiger partial charge in [-0.05, 0) is 13.3 Å². The summed E-state index contributed by atoms with van der Waals surface area (Å²) < 4.78 is 0. The molecule has 1 unspecified atom stereocenters. The smallest absolute Gasteiger partial charge is 0.226 e. The molecule has 0 aromatic carbocycles. The van der Waals surface area contributed by atoms with E-state index in [2.05, 4.69) is 14.9 Å². The topological polar surface area (TPSA) is 55.0 Å². The molecule has 76 valence electrons. The van der Waals surface area contributed by atoms with Gasteiger partial charge in [0.15, 0.2) is 0 Å². The molecule has 1 aliphatic heterocycles. The van der Waals surface area contributed by atoms with Crippen molar-refractivity contribution < 1.29 is 0 Å². The molecule has 1 aromatic heterocycles. The average Bonchev–Trinajstić information content (AvgIpc) is 2.57. The molecule has 0 saturated carbocycles. The summed E-state index contributed by atoms with van der Waals surface area (Å²) in [4.78, 5) is 10.5. The first-order valence-electron chi connectivity index (χ1n) is 4.66. The van der Waals surface area contributed by atoms with Crippen LogP contribution in [0.5, 0.6) is 0 Å². The van der Waals surface area contributed by atoms with Crippen LogP contribution < -0.4 is 10.6 Å². The number of rotatable bonds is 1. The van der Waals surface area contributed by atoms with Crippen LogP contribution in [0.4, 0.5) is 5.95 Å². The Balaban J connectivity index is 2.20. The lowest BCUT2D eigenvalue weighted by atomic mass is 10.3. The summed E-state index contributed by atoms with van der Waals surface area (Å²) in [7, 11) is 0. The molecule has 0 aliphatic carbocycles. The Morgan fingerprint density at radius 2 is 2.43 bits per heavy atom. The number of aryl methyl sites for hydroxylation is 1. The zero-order valence-electron chi connectivity index (χ0n) is 8.07. The molecule has 2 heterocycles. The standard InChI is InChI=1S/C9H13ClN4/c1-6-4-12-9(13-8(6)10)14-3-2-7(11)5-14/h4,7H,2-3,5,11H2,1H3. The fourth-order valence-electron chi connectivity index (χ4n) is 1.53. The van der Waals surface area contributed by atoms with Crippen LogP contribution in [0.15, 0.2) is 6.20 Å². The first-order chi connectivity index (χ1) is 6.66. The van der Waals surface area contributed by atoms with Crippen LogP contribution >= 0.6 is 11.6 Å².